The molecule has 0 aliphatic carbocycles. The summed E-state index contributed by atoms with van der Waals surface area (Å²) in [6.07, 6.45) is 28.0. The molecule has 1 amide bonds. The van der Waals surface area contributed by atoms with Gasteiger partial charge in [0, 0.05) is 0 Å². The van der Waals surface area contributed by atoms with Gasteiger partial charge in [0.25, 0.3) is 0 Å². The number of amides is 1. The number of hydrogen-bond acceptors (Lipinski definition) is 11. The molecule has 8 unspecified atom stereocenters. The third-order valence-corrected chi connectivity index (χ3v) is 11.0. The van der Waals surface area contributed by atoms with Crippen LogP contribution in [-0.2, 0) is 28.9 Å². The SMILES string of the molecule is CCCCCCC/C=C/CC/C=C/CC/C=C/C(O)C(COC1OC(CO)C(O)C(OS(=O)(=O)O)C1O)NC(=O)C(O)CCCCCCCCCCCCCCCC. The lowest BCUT2D eigenvalue weighted by molar-refractivity contribution is -0.298. The van der Waals surface area contributed by atoms with Crippen molar-refractivity contribution in [3.63, 3.8) is 0 Å². The average Bonchev–Trinajstić information content (AvgIpc) is 3.19. The summed E-state index contributed by atoms with van der Waals surface area (Å²) in [5.41, 5.74) is 0. The van der Waals surface area contributed by atoms with Crippen molar-refractivity contribution >= 4 is 16.3 Å². The van der Waals surface area contributed by atoms with Gasteiger partial charge in [-0.2, -0.15) is 8.42 Å². The van der Waals surface area contributed by atoms with E-state index in [9.17, 15) is 38.7 Å². The molecule has 1 saturated heterocycles. The van der Waals surface area contributed by atoms with Gasteiger partial charge in [-0.3, -0.25) is 9.35 Å². The highest BCUT2D eigenvalue weighted by molar-refractivity contribution is 7.80. The maximum atomic E-state index is 13.1. The van der Waals surface area contributed by atoms with Crippen LogP contribution in [-0.4, -0.2) is 107 Å². The van der Waals surface area contributed by atoms with E-state index in [1.165, 1.54) is 102 Å². The summed E-state index contributed by atoms with van der Waals surface area (Å²) in [5.74, 6) is -0.717. The van der Waals surface area contributed by atoms with Gasteiger partial charge < -0.3 is 40.3 Å². The van der Waals surface area contributed by atoms with Gasteiger partial charge in [0.1, 0.15) is 30.5 Å². The molecule has 0 radical (unpaired) electrons. The highest BCUT2D eigenvalue weighted by Gasteiger charge is 2.48. The van der Waals surface area contributed by atoms with Crippen LogP contribution in [0, 0.1) is 0 Å². The first-order valence-electron chi connectivity index (χ1n) is 22.5. The summed E-state index contributed by atoms with van der Waals surface area (Å²) in [6.45, 7) is 3.16. The van der Waals surface area contributed by atoms with Crippen LogP contribution in [0.1, 0.15) is 174 Å². The Balaban J connectivity index is 2.66. The zero-order valence-electron chi connectivity index (χ0n) is 35.7. The number of aliphatic hydroxyl groups excluding tert-OH is 5. The van der Waals surface area contributed by atoms with E-state index in [0.29, 0.717) is 12.8 Å². The van der Waals surface area contributed by atoms with Crippen molar-refractivity contribution in [1.82, 2.24) is 5.32 Å². The van der Waals surface area contributed by atoms with Crippen molar-refractivity contribution < 1.29 is 57.0 Å². The molecule has 0 bridgehead atoms. The van der Waals surface area contributed by atoms with E-state index in [4.69, 9.17) is 14.0 Å². The fourth-order valence-electron chi connectivity index (χ4n) is 6.90. The maximum absolute atomic E-state index is 13.1. The topological polar surface area (TPSA) is 212 Å². The summed E-state index contributed by atoms with van der Waals surface area (Å²) < 4.78 is 47.4. The van der Waals surface area contributed by atoms with Crippen LogP contribution in [0.15, 0.2) is 36.5 Å². The van der Waals surface area contributed by atoms with E-state index in [1.54, 1.807) is 6.08 Å². The Kier molecular flexibility index (Phi) is 32.7. The molecule has 58 heavy (non-hydrogen) atoms. The Morgan fingerprint density at radius 2 is 1.16 bits per heavy atom. The van der Waals surface area contributed by atoms with E-state index >= 15 is 0 Å². The molecule has 1 heterocycles. The lowest BCUT2D eigenvalue weighted by Gasteiger charge is -2.41. The number of hydrogen-bond donors (Lipinski definition) is 7. The lowest BCUT2D eigenvalue weighted by Crippen LogP contribution is -2.61. The van der Waals surface area contributed by atoms with Gasteiger partial charge in [-0.25, -0.2) is 4.18 Å². The third-order valence-electron chi connectivity index (χ3n) is 10.5. The molecule has 1 aliphatic heterocycles. The van der Waals surface area contributed by atoms with Crippen molar-refractivity contribution in [2.75, 3.05) is 13.2 Å². The number of carbonyl (C=O) groups excluding carboxylic acids is 1. The van der Waals surface area contributed by atoms with E-state index in [0.717, 1.165) is 44.9 Å². The highest BCUT2D eigenvalue weighted by Crippen LogP contribution is 2.26. The van der Waals surface area contributed by atoms with Crippen LogP contribution in [0.4, 0.5) is 0 Å². The minimum Gasteiger partial charge on any atom is -0.394 e. The number of allylic oxidation sites excluding steroid dienone is 5. The second-order valence-corrected chi connectivity index (χ2v) is 16.8. The molecule has 14 heteroatoms. The smallest absolute Gasteiger partial charge is 0.394 e. The summed E-state index contributed by atoms with van der Waals surface area (Å²) in [6, 6.07) is -1.14. The molecule has 1 aliphatic rings. The Morgan fingerprint density at radius 3 is 1.66 bits per heavy atom. The van der Waals surface area contributed by atoms with Crippen molar-refractivity contribution in [3.8, 4) is 0 Å². The molecule has 7 N–H and O–H groups in total. The Labute approximate surface area is 350 Å². The molecule has 0 saturated carbocycles. The standard InChI is InChI=1S/C44H81NO12S/c1-3-5-7-9-11-13-15-17-19-21-22-24-26-28-30-32-37(47)36(35-55-44-41(50)42(57-58(52,53)54)40(49)39(34-46)56-44)45-43(51)38(48)33-31-29-27-25-23-20-18-16-14-12-10-8-6-4-2/h15,17,22,24,30,32,36-42,44,46-50H,3-14,16,18-21,23,25-29,31,33-35H2,1-2H3,(H,45,51)(H,52,53,54)/b17-15+,24-22+,32-30+. The lowest BCUT2D eigenvalue weighted by atomic mass is 9.99. The Hall–Kier alpha value is -1.72. The minimum absolute atomic E-state index is 0.236. The first-order valence-corrected chi connectivity index (χ1v) is 23.8. The molecule has 0 spiro atoms. The fraction of sp³-hybridized carbons (Fsp3) is 0.841. The molecular weight excluding hydrogens is 767 g/mol. The van der Waals surface area contributed by atoms with E-state index in [2.05, 4.69) is 47.7 Å². The highest BCUT2D eigenvalue weighted by atomic mass is 32.3. The van der Waals surface area contributed by atoms with E-state index in [-0.39, 0.29) is 6.42 Å². The molecular formula is C44H81NO12S. The van der Waals surface area contributed by atoms with Crippen molar-refractivity contribution in [2.24, 2.45) is 0 Å². The van der Waals surface area contributed by atoms with Crippen LogP contribution >= 0.6 is 0 Å². The van der Waals surface area contributed by atoms with E-state index < -0.39 is 78.5 Å². The molecule has 0 aromatic carbocycles. The summed E-state index contributed by atoms with van der Waals surface area (Å²) >= 11 is 0. The van der Waals surface area contributed by atoms with Crippen LogP contribution in [0.3, 0.4) is 0 Å². The number of ether oxygens (including phenoxy) is 2. The van der Waals surface area contributed by atoms with Gasteiger partial charge in [0.2, 0.25) is 5.91 Å². The number of aliphatic hydroxyl groups is 5. The minimum atomic E-state index is -5.12. The number of carbonyl (C=O) groups is 1. The second-order valence-electron chi connectivity index (χ2n) is 15.8. The van der Waals surface area contributed by atoms with Gasteiger partial charge in [-0.05, 0) is 44.9 Å². The number of unbranched alkanes of at least 4 members (excludes halogenated alkanes) is 20. The summed E-state index contributed by atoms with van der Waals surface area (Å²) in [4.78, 5) is 13.1. The van der Waals surface area contributed by atoms with Crippen LogP contribution in [0.5, 0.6) is 0 Å². The van der Waals surface area contributed by atoms with Crippen molar-refractivity contribution in [1.29, 1.82) is 0 Å². The molecule has 0 aromatic heterocycles. The maximum Gasteiger partial charge on any atom is 0.397 e. The average molecular weight is 848 g/mol. The number of rotatable bonds is 37. The van der Waals surface area contributed by atoms with Gasteiger partial charge in [0.05, 0.1) is 25.4 Å². The molecule has 13 nitrogen and oxygen atoms in total. The van der Waals surface area contributed by atoms with Gasteiger partial charge in [-0.1, -0.05) is 166 Å². The normalized spacial score (nSPS) is 22.0. The largest absolute Gasteiger partial charge is 0.397 e. The Bertz CT molecular complexity index is 1200. The molecule has 1 fully saturated rings. The zero-order valence-corrected chi connectivity index (χ0v) is 36.5. The molecule has 0 aromatic rings. The summed E-state index contributed by atoms with van der Waals surface area (Å²) in [5, 5.41) is 55.1. The third kappa shape index (κ3) is 27.2. The van der Waals surface area contributed by atoms with Crippen molar-refractivity contribution in [3.05, 3.63) is 36.5 Å². The van der Waals surface area contributed by atoms with Crippen LogP contribution in [0.25, 0.3) is 0 Å². The Morgan fingerprint density at radius 1 is 0.690 bits per heavy atom. The van der Waals surface area contributed by atoms with Gasteiger partial charge in [-0.15, -0.1) is 0 Å². The predicted molar refractivity (Wildman–Crippen MR) is 228 cm³/mol. The molecule has 8 atom stereocenters. The van der Waals surface area contributed by atoms with Gasteiger partial charge in [0.15, 0.2) is 6.29 Å². The van der Waals surface area contributed by atoms with Gasteiger partial charge >= 0.3 is 10.4 Å². The molecule has 1 rings (SSSR count). The van der Waals surface area contributed by atoms with Crippen LogP contribution < -0.4 is 5.32 Å². The van der Waals surface area contributed by atoms with Crippen LogP contribution in [0.2, 0.25) is 0 Å². The molecule has 340 valence electrons. The number of nitrogens with one attached hydrogen (secondary N) is 1. The second kappa shape index (κ2) is 34.9. The first kappa shape index (κ1) is 54.3. The predicted octanol–water partition coefficient (Wildman–Crippen LogP) is 7.30. The fourth-order valence-corrected chi connectivity index (χ4v) is 7.41. The quantitative estimate of drug-likeness (QED) is 0.0187. The summed E-state index contributed by atoms with van der Waals surface area (Å²) in [7, 11) is -5.12. The van der Waals surface area contributed by atoms with Crippen molar-refractivity contribution in [2.45, 2.75) is 223 Å². The monoisotopic (exact) mass is 848 g/mol. The zero-order chi connectivity index (χ0) is 42.9. The first-order chi connectivity index (χ1) is 27.9. The van der Waals surface area contributed by atoms with E-state index in [1.807, 2.05) is 0 Å².